The summed E-state index contributed by atoms with van der Waals surface area (Å²) in [5, 5.41) is 3.34. The first kappa shape index (κ1) is 14.0. The predicted octanol–water partition coefficient (Wildman–Crippen LogP) is 3.81. The Morgan fingerprint density at radius 2 is 2.28 bits per heavy atom. The molecule has 4 heteroatoms. The summed E-state index contributed by atoms with van der Waals surface area (Å²) in [6.07, 6.45) is 2.35. The Hall–Kier alpha value is -0.450. The third-order valence-corrected chi connectivity index (χ3v) is 3.99. The maximum Gasteiger partial charge on any atom is 0.142 e. The second-order valence-electron chi connectivity index (χ2n) is 4.74. The van der Waals surface area contributed by atoms with Crippen molar-refractivity contribution >= 4 is 15.9 Å². The molecule has 1 heterocycles. The first-order chi connectivity index (χ1) is 8.63. The highest BCUT2D eigenvalue weighted by Crippen LogP contribution is 2.33. The standard InChI is InChI=1S/C14H19BrFNO/c1-3-17-14(12-8-7-9(2)18-12)10-5-4-6-11(15)13(10)16/h4-6,9,12,14,17H,3,7-8H2,1-2H3. The van der Waals surface area contributed by atoms with Crippen LogP contribution >= 0.6 is 15.9 Å². The van der Waals surface area contributed by atoms with Crippen molar-refractivity contribution in [3.63, 3.8) is 0 Å². The van der Waals surface area contributed by atoms with E-state index in [9.17, 15) is 4.39 Å². The Balaban J connectivity index is 2.26. The third-order valence-electron chi connectivity index (χ3n) is 3.38. The fourth-order valence-corrected chi connectivity index (χ4v) is 2.88. The molecule has 1 fully saturated rings. The lowest BCUT2D eigenvalue weighted by Crippen LogP contribution is -2.32. The minimum Gasteiger partial charge on any atom is -0.373 e. The Morgan fingerprint density at radius 3 is 2.89 bits per heavy atom. The number of nitrogens with one attached hydrogen (secondary N) is 1. The molecular weight excluding hydrogens is 297 g/mol. The Morgan fingerprint density at radius 1 is 1.50 bits per heavy atom. The summed E-state index contributed by atoms with van der Waals surface area (Å²) in [4.78, 5) is 0. The number of hydrogen-bond donors (Lipinski definition) is 1. The van der Waals surface area contributed by atoms with Gasteiger partial charge in [-0.3, -0.25) is 0 Å². The molecule has 0 radical (unpaired) electrons. The van der Waals surface area contributed by atoms with Gasteiger partial charge >= 0.3 is 0 Å². The van der Waals surface area contributed by atoms with Gasteiger partial charge in [0, 0.05) is 5.56 Å². The van der Waals surface area contributed by atoms with Crippen LogP contribution in [0.3, 0.4) is 0 Å². The zero-order valence-corrected chi connectivity index (χ0v) is 12.3. The molecule has 1 N–H and O–H groups in total. The van der Waals surface area contributed by atoms with E-state index in [0.717, 1.165) is 19.4 Å². The van der Waals surface area contributed by atoms with Gasteiger partial charge in [0.1, 0.15) is 5.82 Å². The van der Waals surface area contributed by atoms with Crippen LogP contribution in [0.4, 0.5) is 4.39 Å². The van der Waals surface area contributed by atoms with E-state index >= 15 is 0 Å². The number of halogens is 2. The normalized spacial score (nSPS) is 25.3. The summed E-state index contributed by atoms with van der Waals surface area (Å²) >= 11 is 3.24. The summed E-state index contributed by atoms with van der Waals surface area (Å²) < 4.78 is 20.6. The summed E-state index contributed by atoms with van der Waals surface area (Å²) in [6, 6.07) is 5.35. The SMILES string of the molecule is CCNC(c1cccc(Br)c1F)C1CCC(C)O1. The molecule has 0 aromatic heterocycles. The average Bonchev–Trinajstić information content (AvgIpc) is 2.77. The number of rotatable bonds is 4. The van der Waals surface area contributed by atoms with E-state index < -0.39 is 0 Å². The van der Waals surface area contributed by atoms with Gasteiger partial charge in [-0.25, -0.2) is 4.39 Å². The topological polar surface area (TPSA) is 21.3 Å². The van der Waals surface area contributed by atoms with E-state index in [1.807, 2.05) is 19.1 Å². The van der Waals surface area contributed by atoms with Crippen LogP contribution in [0.25, 0.3) is 0 Å². The van der Waals surface area contributed by atoms with E-state index in [1.54, 1.807) is 6.07 Å². The Bertz CT molecular complexity index is 413. The number of ether oxygens (including phenoxy) is 1. The molecule has 1 saturated heterocycles. The average molecular weight is 316 g/mol. The second kappa shape index (κ2) is 6.13. The fraction of sp³-hybridized carbons (Fsp3) is 0.571. The molecule has 1 aromatic carbocycles. The van der Waals surface area contributed by atoms with Crippen molar-refractivity contribution in [1.82, 2.24) is 5.32 Å². The second-order valence-corrected chi connectivity index (χ2v) is 5.60. The van der Waals surface area contributed by atoms with Gasteiger partial charge in [-0.05, 0) is 48.3 Å². The van der Waals surface area contributed by atoms with Crippen LogP contribution in [0.15, 0.2) is 22.7 Å². The molecule has 3 unspecified atom stereocenters. The lowest BCUT2D eigenvalue weighted by Gasteiger charge is -2.25. The van der Waals surface area contributed by atoms with Gasteiger partial charge in [-0.2, -0.15) is 0 Å². The Labute approximate surface area is 116 Å². The third kappa shape index (κ3) is 2.92. The highest BCUT2D eigenvalue weighted by atomic mass is 79.9. The van der Waals surface area contributed by atoms with Crippen LogP contribution in [0.1, 0.15) is 38.3 Å². The van der Waals surface area contributed by atoms with Crippen molar-refractivity contribution in [3.05, 3.63) is 34.1 Å². The molecule has 2 rings (SSSR count). The zero-order chi connectivity index (χ0) is 13.1. The minimum atomic E-state index is -0.188. The Kier molecular flexibility index (Phi) is 4.76. The molecule has 1 aliphatic heterocycles. The van der Waals surface area contributed by atoms with Crippen LogP contribution in [0, 0.1) is 5.82 Å². The largest absolute Gasteiger partial charge is 0.373 e. The molecule has 18 heavy (non-hydrogen) atoms. The lowest BCUT2D eigenvalue weighted by atomic mass is 9.98. The summed E-state index contributed by atoms with van der Waals surface area (Å²) in [5.41, 5.74) is 0.685. The fourth-order valence-electron chi connectivity index (χ4n) is 2.50. The van der Waals surface area contributed by atoms with Crippen molar-refractivity contribution in [2.24, 2.45) is 0 Å². The van der Waals surface area contributed by atoms with Gasteiger partial charge in [0.15, 0.2) is 0 Å². The van der Waals surface area contributed by atoms with Gasteiger partial charge in [0.05, 0.1) is 22.7 Å². The van der Waals surface area contributed by atoms with Crippen LogP contribution in [0.5, 0.6) is 0 Å². The summed E-state index contributed by atoms with van der Waals surface area (Å²) in [5.74, 6) is -0.188. The molecular formula is C14H19BrFNO. The first-order valence-corrected chi connectivity index (χ1v) is 7.25. The van der Waals surface area contributed by atoms with Crippen LogP contribution in [0.2, 0.25) is 0 Å². The monoisotopic (exact) mass is 315 g/mol. The minimum absolute atomic E-state index is 0.0590. The molecule has 100 valence electrons. The van der Waals surface area contributed by atoms with Gasteiger partial charge in [-0.15, -0.1) is 0 Å². The maximum absolute atomic E-state index is 14.2. The predicted molar refractivity (Wildman–Crippen MR) is 74.1 cm³/mol. The molecule has 0 spiro atoms. The van der Waals surface area contributed by atoms with Crippen LogP contribution in [-0.2, 0) is 4.74 Å². The molecule has 0 saturated carbocycles. The maximum atomic E-state index is 14.2. The van der Waals surface area contributed by atoms with Crippen LogP contribution < -0.4 is 5.32 Å². The first-order valence-electron chi connectivity index (χ1n) is 6.46. The highest BCUT2D eigenvalue weighted by Gasteiger charge is 2.31. The van der Waals surface area contributed by atoms with Crippen molar-refractivity contribution < 1.29 is 9.13 Å². The molecule has 1 aromatic rings. The quantitative estimate of drug-likeness (QED) is 0.912. The van der Waals surface area contributed by atoms with Crippen molar-refractivity contribution in [2.45, 2.75) is 44.9 Å². The van der Waals surface area contributed by atoms with Crippen molar-refractivity contribution in [2.75, 3.05) is 6.54 Å². The number of benzene rings is 1. The van der Waals surface area contributed by atoms with Gasteiger partial charge in [-0.1, -0.05) is 19.1 Å². The van der Waals surface area contributed by atoms with Crippen LogP contribution in [-0.4, -0.2) is 18.8 Å². The van der Waals surface area contributed by atoms with E-state index in [0.29, 0.717) is 10.0 Å². The van der Waals surface area contributed by atoms with Crippen molar-refractivity contribution in [3.8, 4) is 0 Å². The summed E-state index contributed by atoms with van der Waals surface area (Å²) in [6.45, 7) is 4.90. The van der Waals surface area contributed by atoms with Crippen molar-refractivity contribution in [1.29, 1.82) is 0 Å². The van der Waals surface area contributed by atoms with E-state index in [-0.39, 0.29) is 24.1 Å². The van der Waals surface area contributed by atoms with Gasteiger partial charge in [0.25, 0.3) is 0 Å². The molecule has 2 nitrogen and oxygen atoms in total. The van der Waals surface area contributed by atoms with Gasteiger partial charge in [0.2, 0.25) is 0 Å². The number of likely N-dealkylation sites (N-methyl/N-ethyl adjacent to an activating group) is 1. The molecule has 1 aliphatic rings. The zero-order valence-electron chi connectivity index (χ0n) is 10.7. The molecule has 0 amide bonds. The van der Waals surface area contributed by atoms with E-state index in [2.05, 4.69) is 28.2 Å². The molecule has 3 atom stereocenters. The van der Waals surface area contributed by atoms with Gasteiger partial charge < -0.3 is 10.1 Å². The van der Waals surface area contributed by atoms with E-state index in [1.165, 1.54) is 0 Å². The lowest BCUT2D eigenvalue weighted by molar-refractivity contribution is 0.0311. The molecule has 0 bridgehead atoms. The van der Waals surface area contributed by atoms with E-state index in [4.69, 9.17) is 4.74 Å². The smallest absolute Gasteiger partial charge is 0.142 e. The summed E-state index contributed by atoms with van der Waals surface area (Å²) in [7, 11) is 0. The number of hydrogen-bond acceptors (Lipinski definition) is 2. The molecule has 0 aliphatic carbocycles. The highest BCUT2D eigenvalue weighted by molar-refractivity contribution is 9.10.